The predicted molar refractivity (Wildman–Crippen MR) is 70.3 cm³/mol. The van der Waals surface area contributed by atoms with Crippen molar-refractivity contribution in [2.24, 2.45) is 5.92 Å². The molecule has 0 bridgehead atoms. The van der Waals surface area contributed by atoms with Crippen molar-refractivity contribution in [3.8, 4) is 0 Å². The molecule has 0 heterocycles. The average molecular weight is 213 g/mol. The van der Waals surface area contributed by atoms with Crippen LogP contribution in [0, 0.1) is 5.92 Å². The first-order valence-corrected chi connectivity index (χ1v) is 7.01. The third-order valence-electron chi connectivity index (χ3n) is 3.19. The van der Waals surface area contributed by atoms with Crippen molar-refractivity contribution in [3.05, 3.63) is 0 Å². The van der Waals surface area contributed by atoms with Crippen LogP contribution in [-0.2, 0) is 0 Å². The number of hydrogen-bond donors (Lipinski definition) is 0. The van der Waals surface area contributed by atoms with Crippen LogP contribution in [0.2, 0.25) is 0 Å². The Labute approximate surface area is 97.2 Å². The van der Waals surface area contributed by atoms with Crippen LogP contribution < -0.4 is 0 Å². The van der Waals surface area contributed by atoms with Crippen LogP contribution >= 0.6 is 0 Å². The van der Waals surface area contributed by atoms with E-state index in [4.69, 9.17) is 0 Å². The van der Waals surface area contributed by atoms with E-state index in [1.54, 1.807) is 0 Å². The fraction of sp³-hybridized carbons (Fsp3) is 1.00. The Balaban J connectivity index is 0.000000921. The molecule has 0 aromatic heterocycles. The topological polar surface area (TPSA) is 3.24 Å². The molecule has 1 aliphatic rings. The summed E-state index contributed by atoms with van der Waals surface area (Å²) in [6.07, 6.45) is 10.1. The molecule has 0 radical (unpaired) electrons. The van der Waals surface area contributed by atoms with E-state index in [0.29, 0.717) is 0 Å². The average Bonchev–Trinajstić information content (AvgIpc) is 2.30. The maximum Gasteiger partial charge on any atom is 0.000661 e. The molecular weight excluding hydrogens is 182 g/mol. The van der Waals surface area contributed by atoms with E-state index in [2.05, 4.69) is 18.9 Å². The smallest absolute Gasteiger partial charge is 0.000661 e. The van der Waals surface area contributed by atoms with Gasteiger partial charge in [-0.25, -0.2) is 0 Å². The van der Waals surface area contributed by atoms with E-state index in [1.807, 2.05) is 13.8 Å². The van der Waals surface area contributed by atoms with Crippen molar-refractivity contribution in [3.63, 3.8) is 0 Å². The summed E-state index contributed by atoms with van der Waals surface area (Å²) in [5, 5.41) is 0. The summed E-state index contributed by atoms with van der Waals surface area (Å²) in [7, 11) is 2.28. The van der Waals surface area contributed by atoms with Crippen molar-refractivity contribution in [2.45, 2.75) is 65.7 Å². The SMILES string of the molecule is CC.CCCCN(C)CC1CCCCC1. The molecule has 1 rings (SSSR count). The minimum atomic E-state index is 1.01. The van der Waals surface area contributed by atoms with Crippen LogP contribution in [0.15, 0.2) is 0 Å². The standard InChI is InChI=1S/C12H25N.C2H6/c1-3-4-10-13(2)11-12-8-6-5-7-9-12;1-2/h12H,3-11H2,1-2H3;1-2H3. The molecule has 0 atom stereocenters. The molecule has 0 unspecified atom stereocenters. The van der Waals surface area contributed by atoms with Crippen LogP contribution in [0.5, 0.6) is 0 Å². The van der Waals surface area contributed by atoms with Gasteiger partial charge in [0.25, 0.3) is 0 Å². The van der Waals surface area contributed by atoms with Crippen molar-refractivity contribution >= 4 is 0 Å². The van der Waals surface area contributed by atoms with Gasteiger partial charge in [-0.1, -0.05) is 46.5 Å². The molecule has 1 fully saturated rings. The quantitative estimate of drug-likeness (QED) is 0.657. The number of rotatable bonds is 5. The van der Waals surface area contributed by atoms with Crippen LogP contribution in [-0.4, -0.2) is 25.0 Å². The lowest BCUT2D eigenvalue weighted by Gasteiger charge is -2.26. The molecular formula is C14H31N. The first-order valence-electron chi connectivity index (χ1n) is 7.01. The fourth-order valence-electron chi connectivity index (χ4n) is 2.33. The zero-order valence-corrected chi connectivity index (χ0v) is 11.4. The van der Waals surface area contributed by atoms with Crippen molar-refractivity contribution in [1.82, 2.24) is 4.90 Å². The van der Waals surface area contributed by atoms with E-state index in [0.717, 1.165) is 5.92 Å². The number of hydrogen-bond acceptors (Lipinski definition) is 1. The summed E-state index contributed by atoms with van der Waals surface area (Å²) in [5.41, 5.74) is 0. The van der Waals surface area contributed by atoms with Gasteiger partial charge in [-0.05, 0) is 38.8 Å². The highest BCUT2D eigenvalue weighted by atomic mass is 15.1. The maximum absolute atomic E-state index is 2.53. The van der Waals surface area contributed by atoms with Crippen molar-refractivity contribution < 1.29 is 0 Å². The molecule has 15 heavy (non-hydrogen) atoms. The molecule has 0 aromatic carbocycles. The van der Waals surface area contributed by atoms with Gasteiger partial charge in [-0.3, -0.25) is 0 Å². The zero-order valence-electron chi connectivity index (χ0n) is 11.4. The third-order valence-corrected chi connectivity index (χ3v) is 3.19. The molecule has 1 saturated carbocycles. The van der Waals surface area contributed by atoms with Gasteiger partial charge in [0.1, 0.15) is 0 Å². The van der Waals surface area contributed by atoms with Crippen LogP contribution in [0.3, 0.4) is 0 Å². The van der Waals surface area contributed by atoms with Gasteiger partial charge in [-0.15, -0.1) is 0 Å². The maximum atomic E-state index is 2.53. The summed E-state index contributed by atoms with van der Waals surface area (Å²) in [6, 6.07) is 0. The van der Waals surface area contributed by atoms with Gasteiger partial charge in [-0.2, -0.15) is 0 Å². The Morgan fingerprint density at radius 2 is 1.67 bits per heavy atom. The predicted octanol–water partition coefficient (Wildman–Crippen LogP) is 4.32. The van der Waals surface area contributed by atoms with Gasteiger partial charge in [0.2, 0.25) is 0 Å². The minimum absolute atomic E-state index is 1.01. The van der Waals surface area contributed by atoms with Gasteiger partial charge in [0, 0.05) is 6.54 Å². The van der Waals surface area contributed by atoms with Gasteiger partial charge >= 0.3 is 0 Å². The summed E-state index contributed by atoms with van der Waals surface area (Å²) < 4.78 is 0. The molecule has 0 aromatic rings. The summed E-state index contributed by atoms with van der Waals surface area (Å²) in [4.78, 5) is 2.53. The summed E-state index contributed by atoms with van der Waals surface area (Å²) in [6.45, 7) is 8.92. The second-order valence-electron chi connectivity index (χ2n) is 4.62. The monoisotopic (exact) mass is 213 g/mol. The van der Waals surface area contributed by atoms with E-state index >= 15 is 0 Å². The van der Waals surface area contributed by atoms with Gasteiger partial charge in [0.15, 0.2) is 0 Å². The van der Waals surface area contributed by atoms with Gasteiger partial charge < -0.3 is 4.90 Å². The Morgan fingerprint density at radius 1 is 1.07 bits per heavy atom. The second kappa shape index (κ2) is 10.5. The molecule has 0 amide bonds. The Bertz CT molecular complexity index is 117. The summed E-state index contributed by atoms with van der Waals surface area (Å²) in [5.74, 6) is 1.01. The number of unbranched alkanes of at least 4 members (excludes halogenated alkanes) is 1. The van der Waals surface area contributed by atoms with Crippen LogP contribution in [0.25, 0.3) is 0 Å². The fourth-order valence-corrected chi connectivity index (χ4v) is 2.33. The van der Waals surface area contributed by atoms with Crippen molar-refractivity contribution in [1.29, 1.82) is 0 Å². The summed E-state index contributed by atoms with van der Waals surface area (Å²) >= 11 is 0. The van der Waals surface area contributed by atoms with E-state index in [9.17, 15) is 0 Å². The normalized spacial score (nSPS) is 17.4. The van der Waals surface area contributed by atoms with Gasteiger partial charge in [0.05, 0.1) is 0 Å². The minimum Gasteiger partial charge on any atom is -0.306 e. The zero-order chi connectivity index (χ0) is 11.5. The lowest BCUT2D eigenvalue weighted by atomic mass is 9.89. The number of nitrogens with zero attached hydrogens (tertiary/aromatic N) is 1. The Hall–Kier alpha value is -0.0400. The molecule has 92 valence electrons. The first kappa shape index (κ1) is 15.0. The molecule has 1 aliphatic carbocycles. The molecule has 0 saturated heterocycles. The molecule has 1 heteroatoms. The largest absolute Gasteiger partial charge is 0.306 e. The highest BCUT2D eigenvalue weighted by molar-refractivity contribution is 4.68. The van der Waals surface area contributed by atoms with Crippen LogP contribution in [0.4, 0.5) is 0 Å². The highest BCUT2D eigenvalue weighted by Gasteiger charge is 2.14. The van der Waals surface area contributed by atoms with Crippen LogP contribution in [0.1, 0.15) is 65.7 Å². The lowest BCUT2D eigenvalue weighted by Crippen LogP contribution is -2.27. The Kier molecular flexibility index (Phi) is 10.4. The molecule has 0 spiro atoms. The second-order valence-corrected chi connectivity index (χ2v) is 4.62. The van der Waals surface area contributed by atoms with Crippen molar-refractivity contribution in [2.75, 3.05) is 20.1 Å². The molecule has 0 aliphatic heterocycles. The van der Waals surface area contributed by atoms with E-state index in [1.165, 1.54) is 58.0 Å². The molecule has 0 N–H and O–H groups in total. The highest BCUT2D eigenvalue weighted by Crippen LogP contribution is 2.23. The van der Waals surface area contributed by atoms with E-state index < -0.39 is 0 Å². The lowest BCUT2D eigenvalue weighted by molar-refractivity contribution is 0.231. The Morgan fingerprint density at radius 3 is 2.20 bits per heavy atom. The van der Waals surface area contributed by atoms with E-state index in [-0.39, 0.29) is 0 Å². The third kappa shape index (κ3) is 7.84. The molecule has 1 nitrogen and oxygen atoms in total. The first-order chi connectivity index (χ1) is 7.33.